The van der Waals surface area contributed by atoms with E-state index in [9.17, 15) is 8.42 Å². The van der Waals surface area contributed by atoms with Crippen LogP contribution in [-0.2, 0) is 16.4 Å². The third kappa shape index (κ3) is 3.06. The molecule has 2 aromatic heterocycles. The molecule has 0 radical (unpaired) electrons. The first-order valence-corrected chi connectivity index (χ1v) is 10.4. The number of hydrogen-bond acceptors (Lipinski definition) is 7. The van der Waals surface area contributed by atoms with Crippen molar-refractivity contribution >= 4 is 15.8 Å². The molecule has 2 aromatic rings. The summed E-state index contributed by atoms with van der Waals surface area (Å²) < 4.78 is 24.7. The Morgan fingerprint density at radius 1 is 1.27 bits per heavy atom. The largest absolute Gasteiger partial charge is 0.360 e. The van der Waals surface area contributed by atoms with E-state index in [0.29, 0.717) is 24.6 Å². The maximum Gasteiger partial charge on any atom is 0.225 e. The third-order valence-corrected chi connectivity index (χ3v) is 6.86. The van der Waals surface area contributed by atoms with E-state index in [2.05, 4.69) is 25.9 Å². The van der Waals surface area contributed by atoms with Gasteiger partial charge in [-0.1, -0.05) is 0 Å². The number of hydrogen-bond donors (Lipinski definition) is 1. The number of fused-ring (bicyclic) bond motifs is 1. The van der Waals surface area contributed by atoms with Gasteiger partial charge in [0.25, 0.3) is 0 Å². The number of piperazine rings is 1. The van der Waals surface area contributed by atoms with Crippen LogP contribution in [0.4, 0.5) is 5.95 Å². The van der Waals surface area contributed by atoms with E-state index in [0.717, 1.165) is 17.9 Å². The van der Waals surface area contributed by atoms with E-state index >= 15 is 0 Å². The summed E-state index contributed by atoms with van der Waals surface area (Å²) in [4.78, 5) is 16.1. The van der Waals surface area contributed by atoms with Gasteiger partial charge < -0.3 is 9.88 Å². The standard InChI is InChI=1S/C17H20N6O2S/c1-12-13(8-18)7-14(21-12)9-22-5-6-23(17-19-3-2-4-20-17)16-11-26(24,25)10-15(16)22/h2-4,7,15-16,21H,5-6,9-11H2,1H3/t15-,16+/m0/s1. The molecule has 0 amide bonds. The van der Waals surface area contributed by atoms with Crippen molar-refractivity contribution < 1.29 is 8.42 Å². The van der Waals surface area contributed by atoms with Crippen LogP contribution < -0.4 is 4.90 Å². The summed E-state index contributed by atoms with van der Waals surface area (Å²) in [5.74, 6) is 0.854. The molecular formula is C17H20N6O2S. The number of H-pyrrole nitrogens is 1. The number of nitriles is 1. The molecule has 4 rings (SSSR count). The number of aromatic nitrogens is 3. The van der Waals surface area contributed by atoms with Crippen molar-refractivity contribution in [3.63, 3.8) is 0 Å². The molecule has 2 atom stereocenters. The normalized spacial score (nSPS) is 25.0. The minimum atomic E-state index is -3.10. The van der Waals surface area contributed by atoms with Crippen molar-refractivity contribution in [1.29, 1.82) is 5.26 Å². The smallest absolute Gasteiger partial charge is 0.225 e. The second kappa shape index (κ2) is 6.37. The highest BCUT2D eigenvalue weighted by Crippen LogP contribution is 2.30. The molecule has 2 fully saturated rings. The van der Waals surface area contributed by atoms with E-state index in [4.69, 9.17) is 5.26 Å². The Kier molecular flexibility index (Phi) is 4.17. The highest BCUT2D eigenvalue weighted by atomic mass is 32.2. The Bertz CT molecular complexity index is 949. The van der Waals surface area contributed by atoms with Crippen LogP contribution >= 0.6 is 0 Å². The molecule has 136 valence electrons. The number of nitrogens with one attached hydrogen (secondary N) is 1. The molecule has 9 heteroatoms. The topological polar surface area (TPSA) is 106 Å². The van der Waals surface area contributed by atoms with Crippen molar-refractivity contribution in [3.05, 3.63) is 41.5 Å². The van der Waals surface area contributed by atoms with Crippen LogP contribution in [-0.4, -0.2) is 64.9 Å². The molecule has 26 heavy (non-hydrogen) atoms. The second-order valence-corrected chi connectivity index (χ2v) is 9.02. The van der Waals surface area contributed by atoms with E-state index in [1.807, 2.05) is 17.9 Å². The zero-order valence-corrected chi connectivity index (χ0v) is 15.3. The Labute approximate surface area is 152 Å². The lowest BCUT2D eigenvalue weighted by molar-refractivity contribution is 0.157. The average molecular weight is 372 g/mol. The molecule has 0 spiro atoms. The molecule has 2 saturated heterocycles. The van der Waals surface area contributed by atoms with Crippen LogP contribution in [0.2, 0.25) is 0 Å². The Balaban J connectivity index is 1.60. The minimum absolute atomic E-state index is 0.105. The van der Waals surface area contributed by atoms with Gasteiger partial charge in [0.2, 0.25) is 5.95 Å². The van der Waals surface area contributed by atoms with Crippen molar-refractivity contribution in [2.45, 2.75) is 25.6 Å². The van der Waals surface area contributed by atoms with Crippen molar-refractivity contribution in [3.8, 4) is 6.07 Å². The predicted molar refractivity (Wildman–Crippen MR) is 96.3 cm³/mol. The fourth-order valence-corrected chi connectivity index (χ4v) is 5.97. The van der Waals surface area contributed by atoms with Crippen molar-refractivity contribution in [2.24, 2.45) is 0 Å². The van der Waals surface area contributed by atoms with Gasteiger partial charge in [-0.25, -0.2) is 18.4 Å². The zero-order chi connectivity index (χ0) is 18.3. The van der Waals surface area contributed by atoms with Crippen LogP contribution in [0.25, 0.3) is 0 Å². The molecule has 2 aliphatic rings. The van der Waals surface area contributed by atoms with Crippen molar-refractivity contribution in [1.82, 2.24) is 19.9 Å². The molecular weight excluding hydrogens is 352 g/mol. The van der Waals surface area contributed by atoms with E-state index in [1.54, 1.807) is 18.5 Å². The van der Waals surface area contributed by atoms with Gasteiger partial charge in [-0.15, -0.1) is 0 Å². The van der Waals surface area contributed by atoms with Gasteiger partial charge in [0.1, 0.15) is 6.07 Å². The quantitative estimate of drug-likeness (QED) is 0.835. The SMILES string of the molecule is Cc1[nH]c(CN2CCN(c3ncccn3)[C@@H]3CS(=O)(=O)C[C@@H]32)cc1C#N. The van der Waals surface area contributed by atoms with Gasteiger partial charge in [-0.3, -0.25) is 4.90 Å². The lowest BCUT2D eigenvalue weighted by Crippen LogP contribution is -2.59. The van der Waals surface area contributed by atoms with Gasteiger partial charge in [0, 0.05) is 49.5 Å². The van der Waals surface area contributed by atoms with Gasteiger partial charge in [0.05, 0.1) is 23.1 Å². The average Bonchev–Trinajstić information content (AvgIpc) is 3.14. The maximum absolute atomic E-state index is 12.3. The van der Waals surface area contributed by atoms with Gasteiger partial charge in [-0.05, 0) is 19.1 Å². The number of aryl methyl sites for hydroxylation is 1. The number of nitrogens with zero attached hydrogens (tertiary/aromatic N) is 5. The summed E-state index contributed by atoms with van der Waals surface area (Å²) in [5.41, 5.74) is 2.41. The lowest BCUT2D eigenvalue weighted by atomic mass is 10.0. The number of aromatic amines is 1. The molecule has 8 nitrogen and oxygen atoms in total. The summed E-state index contributed by atoms with van der Waals surface area (Å²) in [6.07, 6.45) is 3.36. The van der Waals surface area contributed by atoms with E-state index < -0.39 is 9.84 Å². The predicted octanol–water partition coefficient (Wildman–Crippen LogP) is 0.473. The van der Waals surface area contributed by atoms with Crippen LogP contribution in [0.5, 0.6) is 0 Å². The molecule has 0 unspecified atom stereocenters. The zero-order valence-electron chi connectivity index (χ0n) is 14.5. The Morgan fingerprint density at radius 3 is 2.69 bits per heavy atom. The highest BCUT2D eigenvalue weighted by molar-refractivity contribution is 7.91. The van der Waals surface area contributed by atoms with E-state index in [1.165, 1.54) is 0 Å². The fourth-order valence-electron chi connectivity index (χ4n) is 3.96. The van der Waals surface area contributed by atoms with Gasteiger partial charge in [-0.2, -0.15) is 5.26 Å². The molecule has 0 aromatic carbocycles. The van der Waals surface area contributed by atoms with Gasteiger partial charge >= 0.3 is 0 Å². The number of rotatable bonds is 3. The lowest BCUT2D eigenvalue weighted by Gasteiger charge is -2.43. The number of sulfone groups is 1. The van der Waals surface area contributed by atoms with Crippen LogP contribution in [0.15, 0.2) is 24.5 Å². The molecule has 1 N–H and O–H groups in total. The summed E-state index contributed by atoms with van der Waals surface area (Å²) in [6.45, 7) is 3.86. The first-order chi connectivity index (χ1) is 12.5. The Morgan fingerprint density at radius 2 is 2.00 bits per heavy atom. The summed E-state index contributed by atoms with van der Waals surface area (Å²) >= 11 is 0. The third-order valence-electron chi connectivity index (χ3n) is 5.16. The first kappa shape index (κ1) is 17.0. The van der Waals surface area contributed by atoms with Crippen LogP contribution in [0.1, 0.15) is 17.0 Å². The molecule has 0 saturated carbocycles. The van der Waals surface area contributed by atoms with Crippen molar-refractivity contribution in [2.75, 3.05) is 29.5 Å². The first-order valence-electron chi connectivity index (χ1n) is 8.53. The van der Waals surface area contributed by atoms with Crippen LogP contribution in [0, 0.1) is 18.3 Å². The molecule has 4 heterocycles. The maximum atomic E-state index is 12.3. The fraction of sp³-hybridized carbons (Fsp3) is 0.471. The second-order valence-electron chi connectivity index (χ2n) is 6.87. The van der Waals surface area contributed by atoms with Crippen LogP contribution in [0.3, 0.4) is 0 Å². The summed E-state index contributed by atoms with van der Waals surface area (Å²) in [7, 11) is -3.10. The monoisotopic (exact) mass is 372 g/mol. The molecule has 0 bridgehead atoms. The number of anilines is 1. The molecule has 0 aliphatic carbocycles. The van der Waals surface area contributed by atoms with Gasteiger partial charge in [0.15, 0.2) is 9.84 Å². The summed E-state index contributed by atoms with van der Waals surface area (Å²) in [5, 5.41) is 9.13. The molecule has 2 aliphatic heterocycles. The Hall–Kier alpha value is -2.44. The minimum Gasteiger partial charge on any atom is -0.360 e. The van der Waals surface area contributed by atoms with E-state index in [-0.39, 0.29) is 23.6 Å². The highest BCUT2D eigenvalue weighted by Gasteiger charge is 2.47. The summed E-state index contributed by atoms with van der Waals surface area (Å²) in [6, 6.07) is 5.52.